The molecule has 6 nitrogen and oxygen atoms in total. The summed E-state index contributed by atoms with van der Waals surface area (Å²) < 4.78 is 7.12. The lowest BCUT2D eigenvalue weighted by Crippen LogP contribution is -2.11. The second-order valence-corrected chi connectivity index (χ2v) is 7.90. The van der Waals surface area contributed by atoms with Gasteiger partial charge in [0, 0.05) is 16.3 Å². The Morgan fingerprint density at radius 1 is 1.24 bits per heavy atom. The largest absolute Gasteiger partial charge is 0.459 e. The Hall–Kier alpha value is -3.28. The molecule has 0 aliphatic rings. The van der Waals surface area contributed by atoms with Crippen LogP contribution in [0.3, 0.4) is 0 Å². The summed E-state index contributed by atoms with van der Waals surface area (Å²) in [5.74, 6) is -0.394. The normalized spacial score (nSPS) is 10.6. The number of thiazole rings is 1. The minimum atomic E-state index is -0.394. The maximum absolute atomic E-state index is 12.4. The number of nitrogens with zero attached hydrogens (tertiary/aromatic N) is 4. The Kier molecular flexibility index (Phi) is 5.51. The van der Waals surface area contributed by atoms with Crippen molar-refractivity contribution in [2.45, 2.75) is 20.0 Å². The lowest BCUT2D eigenvalue weighted by molar-refractivity contribution is -0.144. The van der Waals surface area contributed by atoms with E-state index in [0.29, 0.717) is 22.6 Å². The van der Waals surface area contributed by atoms with Gasteiger partial charge in [-0.05, 0) is 30.5 Å². The zero-order valence-electron chi connectivity index (χ0n) is 15.5. The number of benzene rings is 1. The topological polar surface area (TPSA) is 80.8 Å². The molecule has 0 amide bonds. The highest BCUT2D eigenvalue weighted by molar-refractivity contribution is 7.14. The number of hydrogen-bond donors (Lipinski definition) is 0. The molecule has 0 atom stereocenters. The number of nitriles is 1. The lowest BCUT2D eigenvalue weighted by Gasteiger charge is -2.08. The van der Waals surface area contributed by atoms with Gasteiger partial charge in [0.05, 0.1) is 29.2 Å². The van der Waals surface area contributed by atoms with Crippen molar-refractivity contribution in [3.8, 4) is 22.3 Å². The average Bonchev–Trinajstić information content (AvgIpc) is 3.47. The van der Waals surface area contributed by atoms with Gasteiger partial charge in [0.1, 0.15) is 23.2 Å². The molecular weight excluding hydrogens is 404 g/mol. The van der Waals surface area contributed by atoms with Crippen molar-refractivity contribution in [2.24, 2.45) is 0 Å². The minimum Gasteiger partial charge on any atom is -0.459 e. The highest BCUT2D eigenvalue weighted by atomic mass is 32.1. The smallest absolute Gasteiger partial charge is 0.312 e. The Balaban J connectivity index is 1.48. The van der Waals surface area contributed by atoms with Crippen LogP contribution in [0.2, 0.25) is 0 Å². The van der Waals surface area contributed by atoms with Crippen LogP contribution in [0.15, 0.2) is 52.5 Å². The molecule has 3 heterocycles. The number of aromatic nitrogens is 3. The van der Waals surface area contributed by atoms with Gasteiger partial charge < -0.3 is 4.74 Å². The summed E-state index contributed by atoms with van der Waals surface area (Å²) in [5, 5.41) is 20.7. The van der Waals surface area contributed by atoms with Crippen LogP contribution in [0.5, 0.6) is 0 Å². The molecule has 0 radical (unpaired) electrons. The fraction of sp³-hybridized carbons (Fsp3) is 0.143. The number of para-hydroxylation sites is 1. The standard InChI is InChI=1S/C21H16N4O2S2/c1-14-18(10-22)19(25(24-14)17-5-3-2-4-6-17)11-27-20(26)9-16-13-29-21(23-16)15-7-8-28-12-15/h2-8,12-13H,9,11H2,1H3. The first-order valence-electron chi connectivity index (χ1n) is 8.82. The van der Waals surface area contributed by atoms with Crippen molar-refractivity contribution < 1.29 is 9.53 Å². The monoisotopic (exact) mass is 420 g/mol. The van der Waals surface area contributed by atoms with Crippen molar-refractivity contribution in [3.63, 3.8) is 0 Å². The zero-order chi connectivity index (χ0) is 20.2. The van der Waals surface area contributed by atoms with Gasteiger partial charge in [-0.25, -0.2) is 9.67 Å². The van der Waals surface area contributed by atoms with E-state index >= 15 is 0 Å². The first-order chi connectivity index (χ1) is 14.2. The number of carbonyl (C=O) groups is 1. The molecule has 0 saturated heterocycles. The Morgan fingerprint density at radius 2 is 2.07 bits per heavy atom. The summed E-state index contributed by atoms with van der Waals surface area (Å²) >= 11 is 3.11. The molecule has 4 rings (SSSR count). The van der Waals surface area contributed by atoms with Crippen LogP contribution in [0.4, 0.5) is 0 Å². The van der Waals surface area contributed by atoms with Crippen LogP contribution in [-0.2, 0) is 22.6 Å². The van der Waals surface area contributed by atoms with Gasteiger partial charge in [-0.3, -0.25) is 4.79 Å². The molecule has 0 bridgehead atoms. The highest BCUT2D eigenvalue weighted by Gasteiger charge is 2.18. The zero-order valence-corrected chi connectivity index (χ0v) is 17.2. The molecule has 0 saturated carbocycles. The summed E-state index contributed by atoms with van der Waals surface area (Å²) in [6.07, 6.45) is 0.0843. The SMILES string of the molecule is Cc1nn(-c2ccccc2)c(COC(=O)Cc2csc(-c3ccsc3)n2)c1C#N. The van der Waals surface area contributed by atoms with Gasteiger partial charge in [0.25, 0.3) is 0 Å². The summed E-state index contributed by atoms with van der Waals surface area (Å²) in [7, 11) is 0. The molecule has 1 aromatic carbocycles. The Labute approximate surface area is 175 Å². The minimum absolute atomic E-state index is 0.0288. The first kappa shape index (κ1) is 19.1. The van der Waals surface area contributed by atoms with E-state index in [9.17, 15) is 10.1 Å². The molecule has 0 aliphatic heterocycles. The molecule has 0 N–H and O–H groups in total. The van der Waals surface area contributed by atoms with Gasteiger partial charge in [0.15, 0.2) is 0 Å². The third kappa shape index (κ3) is 4.11. The maximum Gasteiger partial charge on any atom is 0.312 e. The number of carbonyl (C=O) groups excluding carboxylic acids is 1. The number of ether oxygens (including phenoxy) is 1. The van der Waals surface area contributed by atoms with E-state index in [-0.39, 0.29) is 13.0 Å². The maximum atomic E-state index is 12.4. The van der Waals surface area contributed by atoms with Crippen LogP contribution >= 0.6 is 22.7 Å². The number of esters is 1. The summed E-state index contributed by atoms with van der Waals surface area (Å²) in [6, 6.07) is 13.6. The Bertz CT molecular complexity index is 1170. The van der Waals surface area contributed by atoms with Crippen LogP contribution in [0, 0.1) is 18.3 Å². The van der Waals surface area contributed by atoms with Crippen molar-refractivity contribution in [2.75, 3.05) is 0 Å². The number of hydrogen-bond acceptors (Lipinski definition) is 7. The van der Waals surface area contributed by atoms with Crippen LogP contribution in [0.1, 0.15) is 22.6 Å². The van der Waals surface area contributed by atoms with E-state index in [2.05, 4.69) is 16.2 Å². The first-order valence-corrected chi connectivity index (χ1v) is 10.6. The fourth-order valence-electron chi connectivity index (χ4n) is 2.89. The molecule has 144 valence electrons. The van der Waals surface area contributed by atoms with Crippen molar-refractivity contribution in [1.29, 1.82) is 5.26 Å². The van der Waals surface area contributed by atoms with Crippen LogP contribution in [-0.4, -0.2) is 20.7 Å². The Morgan fingerprint density at radius 3 is 2.79 bits per heavy atom. The predicted molar refractivity (Wildman–Crippen MR) is 112 cm³/mol. The number of aryl methyl sites for hydroxylation is 1. The second-order valence-electron chi connectivity index (χ2n) is 6.26. The van der Waals surface area contributed by atoms with Gasteiger partial charge in [0.2, 0.25) is 0 Å². The van der Waals surface area contributed by atoms with Crippen LogP contribution in [0.25, 0.3) is 16.3 Å². The van der Waals surface area contributed by atoms with Gasteiger partial charge in [-0.1, -0.05) is 18.2 Å². The van der Waals surface area contributed by atoms with Gasteiger partial charge in [-0.2, -0.15) is 21.7 Å². The van der Waals surface area contributed by atoms with Crippen molar-refractivity contribution in [3.05, 3.63) is 75.2 Å². The van der Waals surface area contributed by atoms with Gasteiger partial charge in [-0.15, -0.1) is 11.3 Å². The molecule has 3 aromatic heterocycles. The van der Waals surface area contributed by atoms with E-state index in [1.165, 1.54) is 11.3 Å². The fourth-order valence-corrected chi connectivity index (χ4v) is 4.42. The molecule has 0 aliphatic carbocycles. The van der Waals surface area contributed by atoms with E-state index in [1.807, 2.05) is 52.5 Å². The molecule has 4 aromatic rings. The molecule has 29 heavy (non-hydrogen) atoms. The molecule has 8 heteroatoms. The average molecular weight is 421 g/mol. The molecule has 0 spiro atoms. The highest BCUT2D eigenvalue weighted by Crippen LogP contribution is 2.26. The molecule has 0 unspecified atom stereocenters. The van der Waals surface area contributed by atoms with Crippen LogP contribution < -0.4 is 0 Å². The van der Waals surface area contributed by atoms with Gasteiger partial charge >= 0.3 is 5.97 Å². The number of thiophene rings is 1. The van der Waals surface area contributed by atoms with E-state index < -0.39 is 5.97 Å². The van der Waals surface area contributed by atoms with E-state index in [0.717, 1.165) is 16.3 Å². The summed E-state index contributed by atoms with van der Waals surface area (Å²) in [6.45, 7) is 1.74. The van der Waals surface area contributed by atoms with Crippen molar-refractivity contribution in [1.82, 2.24) is 14.8 Å². The second kappa shape index (κ2) is 8.39. The third-order valence-corrected chi connectivity index (χ3v) is 5.91. The molecular formula is C21H16N4O2S2. The number of rotatable bonds is 6. The summed E-state index contributed by atoms with van der Waals surface area (Å²) in [4.78, 5) is 16.9. The molecule has 0 fully saturated rings. The third-order valence-electron chi connectivity index (χ3n) is 4.28. The lowest BCUT2D eigenvalue weighted by atomic mass is 10.2. The van der Waals surface area contributed by atoms with E-state index in [1.54, 1.807) is 22.9 Å². The van der Waals surface area contributed by atoms with Crippen molar-refractivity contribution >= 4 is 28.6 Å². The quantitative estimate of drug-likeness (QED) is 0.428. The predicted octanol–water partition coefficient (Wildman–Crippen LogP) is 4.52. The van der Waals surface area contributed by atoms with E-state index in [4.69, 9.17) is 4.74 Å². The summed E-state index contributed by atoms with van der Waals surface area (Å²) in [5.41, 5.74) is 4.12.